The molecule has 42 heavy (non-hydrogen) atoms. The summed E-state index contributed by atoms with van der Waals surface area (Å²) in [5, 5.41) is 22.1. The fourth-order valence-electron chi connectivity index (χ4n) is 4.92. The van der Waals surface area contributed by atoms with Crippen LogP contribution in [0.25, 0.3) is 11.6 Å². The zero-order valence-electron chi connectivity index (χ0n) is 24.4. The second-order valence-electron chi connectivity index (χ2n) is 10.1. The van der Waals surface area contributed by atoms with Crippen molar-refractivity contribution in [2.75, 3.05) is 13.7 Å². The molecule has 0 spiro atoms. The Labute approximate surface area is 250 Å². The van der Waals surface area contributed by atoms with E-state index < -0.39 is 23.6 Å². The van der Waals surface area contributed by atoms with Gasteiger partial charge in [0.2, 0.25) is 0 Å². The molecule has 3 rings (SSSR count). The molecule has 0 radical (unpaired) electrons. The van der Waals surface area contributed by atoms with Crippen LogP contribution >= 0.6 is 12.2 Å². The molecule has 2 aromatic rings. The summed E-state index contributed by atoms with van der Waals surface area (Å²) in [7, 11) is 1.14. The topological polar surface area (TPSA) is 133 Å². The number of thiocarbonyl (C=S) groups is 1. The number of hydrogen-bond donors (Lipinski definition) is 2. The van der Waals surface area contributed by atoms with Gasteiger partial charge in [0, 0.05) is 22.8 Å². The predicted molar refractivity (Wildman–Crippen MR) is 163 cm³/mol. The minimum absolute atomic E-state index is 0.0457. The molecular weight excluding hydrogens is 560 g/mol. The number of rotatable bonds is 14. The molecule has 0 saturated carbocycles. The van der Waals surface area contributed by atoms with Crippen LogP contribution in [0.1, 0.15) is 75.2 Å². The smallest absolute Gasteiger partial charge is 0.507 e. The average molecular weight is 599 g/mol. The highest BCUT2D eigenvalue weighted by Gasteiger charge is 2.26. The summed E-state index contributed by atoms with van der Waals surface area (Å²) in [6.45, 7) is 5.72. The van der Waals surface area contributed by atoms with Crippen LogP contribution in [-0.4, -0.2) is 46.8 Å². The van der Waals surface area contributed by atoms with Gasteiger partial charge >= 0.3 is 6.16 Å². The largest absolute Gasteiger partial charge is 0.516 e. The van der Waals surface area contributed by atoms with Gasteiger partial charge in [-0.2, -0.15) is 0 Å². The Balaban J connectivity index is 1.90. The molecule has 0 aliphatic heterocycles. The number of benzene rings is 1. The maximum absolute atomic E-state index is 13.2. The van der Waals surface area contributed by atoms with Crippen molar-refractivity contribution in [2.24, 2.45) is 5.92 Å². The molecule has 226 valence electrons. The summed E-state index contributed by atoms with van der Waals surface area (Å²) in [5.41, 5.74) is 1.23. The van der Waals surface area contributed by atoms with Gasteiger partial charge in [0.25, 0.3) is 5.95 Å². The van der Waals surface area contributed by atoms with Crippen LogP contribution < -0.4 is 25.5 Å². The average Bonchev–Trinajstić information content (AvgIpc) is 2.94. The van der Waals surface area contributed by atoms with Crippen LogP contribution in [0.15, 0.2) is 39.6 Å². The monoisotopic (exact) mass is 598 g/mol. The van der Waals surface area contributed by atoms with Gasteiger partial charge in [0.15, 0.2) is 11.2 Å². The van der Waals surface area contributed by atoms with Crippen molar-refractivity contribution in [3.8, 4) is 17.4 Å². The first-order valence-electron chi connectivity index (χ1n) is 14.1. The first kappa shape index (κ1) is 32.8. The number of methoxy groups -OCH3 is 1. The van der Waals surface area contributed by atoms with Crippen molar-refractivity contribution in [1.29, 1.82) is 0 Å². The number of carbonyl (C=O) groups is 2. The van der Waals surface area contributed by atoms with Gasteiger partial charge in [-0.1, -0.05) is 57.5 Å². The van der Waals surface area contributed by atoms with Gasteiger partial charge in [-0.15, -0.1) is 0 Å². The van der Waals surface area contributed by atoms with Crippen LogP contribution in [0.2, 0.25) is 0 Å². The molecule has 1 aromatic heterocycles. The zero-order chi connectivity index (χ0) is 30.8. The van der Waals surface area contributed by atoms with Crippen molar-refractivity contribution >= 4 is 40.7 Å². The van der Waals surface area contributed by atoms with Gasteiger partial charge < -0.3 is 28.8 Å². The van der Waals surface area contributed by atoms with Crippen molar-refractivity contribution in [3.05, 3.63) is 62.3 Å². The lowest BCUT2D eigenvalue weighted by atomic mass is 9.84. The Bertz CT molecular complexity index is 1520. The summed E-state index contributed by atoms with van der Waals surface area (Å²) in [6, 6.07) is 4.34. The second kappa shape index (κ2) is 15.5. The van der Waals surface area contributed by atoms with Crippen molar-refractivity contribution in [1.82, 2.24) is 0 Å². The van der Waals surface area contributed by atoms with Gasteiger partial charge in [-0.25, -0.2) is 4.79 Å². The van der Waals surface area contributed by atoms with E-state index in [9.17, 15) is 24.6 Å². The SMILES string of the molecule is CCCC[C@@H](O)[C@@H](/C=C\CCOc1ccc(C(C)=O)c(O)c1CCC)C1=c2c(=O)cc(OC(=O)OC)oc2=CC(=S)C1. The molecule has 0 fully saturated rings. The van der Waals surface area contributed by atoms with E-state index in [0.717, 1.165) is 32.4 Å². The van der Waals surface area contributed by atoms with Gasteiger partial charge in [0.1, 0.15) is 16.9 Å². The zero-order valence-corrected chi connectivity index (χ0v) is 25.3. The standard InChI is InChI=1S/C32H38O9S/c1-5-7-12-25(34)22(11-8-9-15-39-27-14-13-21(19(3)33)31(36)23(27)10-6-2)24-16-20(42)17-28-30(24)26(35)18-29(40-28)41-32(37)38-4/h8,11,13-14,17-18,22,25,34,36H,5-7,9-10,12,15-16H2,1-4H3/b11-8-/t22-,25+/m0/s1. The molecular formula is C32H38O9S. The molecule has 0 unspecified atom stereocenters. The van der Waals surface area contributed by atoms with Gasteiger partial charge in [-0.05, 0) is 50.0 Å². The lowest BCUT2D eigenvalue weighted by Gasteiger charge is -2.24. The third-order valence-corrected chi connectivity index (χ3v) is 7.22. The molecule has 2 N–H and O–H groups in total. The maximum atomic E-state index is 13.2. The van der Waals surface area contributed by atoms with E-state index in [0.29, 0.717) is 54.0 Å². The van der Waals surface area contributed by atoms with E-state index in [-0.39, 0.29) is 33.7 Å². The first-order valence-corrected chi connectivity index (χ1v) is 14.5. The number of ketones is 1. The summed E-state index contributed by atoms with van der Waals surface area (Å²) in [6.07, 6.45) is 7.81. The molecule has 1 aromatic carbocycles. The molecule has 1 heterocycles. The molecule has 9 nitrogen and oxygen atoms in total. The van der Waals surface area contributed by atoms with Gasteiger partial charge in [0.05, 0.1) is 36.7 Å². The molecule has 2 atom stereocenters. The lowest BCUT2D eigenvalue weighted by molar-refractivity contribution is 0.101. The lowest BCUT2D eigenvalue weighted by Crippen LogP contribution is -2.45. The van der Waals surface area contributed by atoms with E-state index in [2.05, 4.69) is 4.74 Å². The highest BCUT2D eigenvalue weighted by molar-refractivity contribution is 7.81. The Morgan fingerprint density at radius 1 is 1.21 bits per heavy atom. The maximum Gasteiger partial charge on any atom is 0.516 e. The molecule has 10 heteroatoms. The van der Waals surface area contributed by atoms with Crippen molar-refractivity contribution < 1.29 is 38.4 Å². The van der Waals surface area contributed by atoms with Crippen molar-refractivity contribution in [2.45, 2.75) is 71.8 Å². The Morgan fingerprint density at radius 3 is 2.64 bits per heavy atom. The minimum atomic E-state index is -1.02. The molecule has 0 bridgehead atoms. The number of unbranched alkanes of at least 4 members (excludes halogenated alkanes) is 1. The van der Waals surface area contributed by atoms with Crippen LogP contribution in [0.5, 0.6) is 17.4 Å². The second-order valence-corrected chi connectivity index (χ2v) is 10.6. The van der Waals surface area contributed by atoms with Crippen LogP contribution in [-0.2, 0) is 11.2 Å². The number of hydrogen-bond acceptors (Lipinski definition) is 10. The summed E-state index contributed by atoms with van der Waals surface area (Å²) >= 11 is 5.49. The van der Waals surface area contributed by atoms with E-state index >= 15 is 0 Å². The van der Waals surface area contributed by atoms with Crippen LogP contribution in [0.4, 0.5) is 4.79 Å². The summed E-state index contributed by atoms with van der Waals surface area (Å²) in [5.74, 6) is -0.577. The Kier molecular flexibility index (Phi) is 12.1. The number of aromatic hydroxyl groups is 1. The fraction of sp³-hybridized carbons (Fsp3) is 0.438. The first-order chi connectivity index (χ1) is 20.1. The number of ether oxygens (including phenoxy) is 3. The van der Waals surface area contributed by atoms with Crippen LogP contribution in [0.3, 0.4) is 0 Å². The van der Waals surface area contributed by atoms with Crippen LogP contribution in [0, 0.1) is 5.92 Å². The third kappa shape index (κ3) is 8.17. The Morgan fingerprint density at radius 2 is 1.98 bits per heavy atom. The van der Waals surface area contributed by atoms with E-state index in [1.54, 1.807) is 18.2 Å². The number of phenolic OH excluding ortho intramolecular Hbond substituents is 1. The molecule has 1 aliphatic rings. The number of aliphatic hydroxyl groups is 1. The predicted octanol–water partition coefficient (Wildman–Crippen LogP) is 4.54. The van der Waals surface area contributed by atoms with E-state index in [1.807, 2.05) is 26.0 Å². The quantitative estimate of drug-likeness (QED) is 0.105. The minimum Gasteiger partial charge on any atom is -0.507 e. The number of fused-ring (bicyclic) bond motifs is 1. The Hall–Kier alpha value is -3.76. The highest BCUT2D eigenvalue weighted by atomic mass is 32.1. The summed E-state index contributed by atoms with van der Waals surface area (Å²) in [4.78, 5) is 37.1. The van der Waals surface area contributed by atoms with E-state index in [4.69, 9.17) is 26.1 Å². The summed E-state index contributed by atoms with van der Waals surface area (Å²) < 4.78 is 21.0. The number of Topliss-reactive ketones (excluding diaryl/α,β-unsaturated/α-hetero) is 1. The fourth-order valence-corrected chi connectivity index (χ4v) is 5.18. The highest BCUT2D eigenvalue weighted by Crippen LogP contribution is 2.33. The molecule has 1 aliphatic carbocycles. The molecule has 0 amide bonds. The number of carbonyl (C=O) groups excluding carboxylic acids is 2. The van der Waals surface area contributed by atoms with E-state index in [1.165, 1.54) is 6.92 Å². The number of aliphatic hydroxyl groups excluding tert-OH is 1. The normalized spacial score (nSPS) is 14.2. The number of phenols is 1. The third-order valence-electron chi connectivity index (χ3n) is 6.96. The van der Waals surface area contributed by atoms with Gasteiger partial charge in [-0.3, -0.25) is 9.59 Å². The van der Waals surface area contributed by atoms with Crippen molar-refractivity contribution in [3.63, 3.8) is 0 Å². The molecule has 0 saturated heterocycles.